The third-order valence-electron chi connectivity index (χ3n) is 2.98. The number of nitrogens with one attached hydrogen (secondary N) is 2. The molecule has 1 aromatic carbocycles. The van der Waals surface area contributed by atoms with Crippen LogP contribution in [0.1, 0.15) is 12.0 Å². The number of carbonyl (C=O) groups is 1. The highest BCUT2D eigenvalue weighted by atomic mass is 32.2. The van der Waals surface area contributed by atoms with Crippen molar-refractivity contribution in [3.8, 4) is 5.75 Å². The van der Waals surface area contributed by atoms with Gasteiger partial charge < -0.3 is 15.8 Å². The molecule has 0 unspecified atom stereocenters. The first-order chi connectivity index (χ1) is 9.44. The van der Waals surface area contributed by atoms with E-state index in [1.54, 1.807) is 6.07 Å². The molecule has 0 spiro atoms. The van der Waals surface area contributed by atoms with Crippen molar-refractivity contribution in [2.45, 2.75) is 17.7 Å². The number of carbonyl (C=O) groups excluding carboxylic acids is 1. The number of anilines is 1. The van der Waals surface area contributed by atoms with E-state index in [4.69, 9.17) is 10.5 Å². The summed E-state index contributed by atoms with van der Waals surface area (Å²) in [6.45, 7) is 0.136. The molecule has 8 heteroatoms. The van der Waals surface area contributed by atoms with E-state index in [0.717, 1.165) is 18.4 Å². The second-order valence-electron chi connectivity index (χ2n) is 4.46. The Balaban J connectivity index is 2.36. The molecule has 1 amide bonds. The molecule has 1 aliphatic heterocycles. The van der Waals surface area contributed by atoms with E-state index in [0.29, 0.717) is 18.0 Å². The van der Waals surface area contributed by atoms with Crippen LogP contribution in [-0.2, 0) is 21.2 Å². The Labute approximate surface area is 117 Å². The maximum atomic E-state index is 12.3. The Hall–Kier alpha value is -1.80. The highest BCUT2D eigenvalue weighted by Gasteiger charge is 2.25. The lowest BCUT2D eigenvalue weighted by molar-refractivity contribution is -0.119. The average Bonchev–Trinajstić information content (AvgIpc) is 2.43. The lowest BCUT2D eigenvalue weighted by atomic mass is 10.1. The van der Waals surface area contributed by atoms with Gasteiger partial charge in [0.2, 0.25) is 15.9 Å². The molecule has 110 valence electrons. The van der Waals surface area contributed by atoms with Crippen LogP contribution < -0.4 is 20.5 Å². The summed E-state index contributed by atoms with van der Waals surface area (Å²) < 4.78 is 32.2. The van der Waals surface area contributed by atoms with Gasteiger partial charge in [-0.25, -0.2) is 13.1 Å². The molecule has 0 bridgehead atoms. The van der Waals surface area contributed by atoms with E-state index >= 15 is 0 Å². The number of hydrogen-bond donors (Lipinski definition) is 3. The number of fused-ring (bicyclic) bond motifs is 1. The van der Waals surface area contributed by atoms with E-state index in [-0.39, 0.29) is 11.4 Å². The Bertz CT molecular complexity index is 628. The van der Waals surface area contributed by atoms with Gasteiger partial charge in [0, 0.05) is 12.7 Å². The number of amides is 1. The number of nitrogen functional groups attached to an aromatic ring is 1. The fourth-order valence-electron chi connectivity index (χ4n) is 2.00. The quantitative estimate of drug-likeness (QED) is 0.656. The Morgan fingerprint density at radius 2 is 2.20 bits per heavy atom. The summed E-state index contributed by atoms with van der Waals surface area (Å²) >= 11 is 0. The maximum absolute atomic E-state index is 12.3. The summed E-state index contributed by atoms with van der Waals surface area (Å²) in [6, 6.07) is 3.06. The second kappa shape index (κ2) is 5.68. The second-order valence-corrected chi connectivity index (χ2v) is 6.19. The maximum Gasteiger partial charge on any atom is 0.244 e. The number of ether oxygens (including phenoxy) is 1. The van der Waals surface area contributed by atoms with Gasteiger partial charge in [-0.3, -0.25) is 4.79 Å². The molecule has 0 fully saturated rings. The van der Waals surface area contributed by atoms with Gasteiger partial charge >= 0.3 is 0 Å². The average molecular weight is 299 g/mol. The minimum atomic E-state index is -3.85. The predicted molar refractivity (Wildman–Crippen MR) is 73.9 cm³/mol. The third-order valence-corrected chi connectivity index (χ3v) is 4.39. The highest BCUT2D eigenvalue weighted by Crippen LogP contribution is 2.34. The monoisotopic (exact) mass is 299 g/mol. The van der Waals surface area contributed by atoms with E-state index in [9.17, 15) is 13.2 Å². The van der Waals surface area contributed by atoms with Crippen molar-refractivity contribution in [2.75, 3.05) is 25.9 Å². The zero-order valence-corrected chi connectivity index (χ0v) is 11.9. The van der Waals surface area contributed by atoms with Gasteiger partial charge in [-0.05, 0) is 30.5 Å². The summed E-state index contributed by atoms with van der Waals surface area (Å²) in [4.78, 5) is 11.1. The van der Waals surface area contributed by atoms with Crippen molar-refractivity contribution >= 4 is 21.6 Å². The van der Waals surface area contributed by atoms with Gasteiger partial charge in [-0.1, -0.05) is 0 Å². The van der Waals surface area contributed by atoms with E-state index in [1.807, 2.05) is 0 Å². The van der Waals surface area contributed by atoms with Crippen LogP contribution in [0.2, 0.25) is 0 Å². The molecule has 0 aromatic heterocycles. The van der Waals surface area contributed by atoms with Crippen LogP contribution in [0, 0.1) is 0 Å². The standard InChI is InChI=1S/C12H17N3O4S/c1-14-11(16)7-15-20(17,18)10-6-9(13)5-8-3-2-4-19-12(8)10/h5-6,15H,2-4,7,13H2,1H3,(H,14,16). The molecule has 1 aliphatic rings. The zero-order chi connectivity index (χ0) is 14.8. The number of sulfonamides is 1. The van der Waals surface area contributed by atoms with Crippen molar-refractivity contribution in [2.24, 2.45) is 0 Å². The van der Waals surface area contributed by atoms with Crippen LogP contribution in [0.3, 0.4) is 0 Å². The molecule has 0 aliphatic carbocycles. The number of aryl methyl sites for hydroxylation is 1. The predicted octanol–water partition coefficient (Wildman–Crippen LogP) is -0.382. The molecule has 7 nitrogen and oxygen atoms in total. The van der Waals surface area contributed by atoms with Gasteiger partial charge in [0.1, 0.15) is 10.6 Å². The summed E-state index contributed by atoms with van der Waals surface area (Å²) in [7, 11) is -2.41. The van der Waals surface area contributed by atoms with Crippen LogP contribution in [0.5, 0.6) is 5.75 Å². The fourth-order valence-corrected chi connectivity index (χ4v) is 3.20. The van der Waals surface area contributed by atoms with Gasteiger partial charge in [0.15, 0.2) is 0 Å². The van der Waals surface area contributed by atoms with Gasteiger partial charge in [0.05, 0.1) is 13.2 Å². The number of rotatable bonds is 4. The first kappa shape index (κ1) is 14.6. The van der Waals surface area contributed by atoms with E-state index < -0.39 is 15.9 Å². The van der Waals surface area contributed by atoms with Crippen LogP contribution in [0.15, 0.2) is 17.0 Å². The lowest BCUT2D eigenvalue weighted by Crippen LogP contribution is -2.35. The number of likely N-dealkylation sites (N-methyl/N-ethyl adjacent to an activating group) is 1. The molecule has 1 aromatic rings. The molecule has 0 saturated heterocycles. The van der Waals surface area contributed by atoms with E-state index in [1.165, 1.54) is 13.1 Å². The molecule has 20 heavy (non-hydrogen) atoms. The zero-order valence-electron chi connectivity index (χ0n) is 11.1. The Kier molecular flexibility index (Phi) is 4.15. The molecule has 0 saturated carbocycles. The minimum Gasteiger partial charge on any atom is -0.492 e. The number of benzene rings is 1. The first-order valence-electron chi connectivity index (χ1n) is 6.19. The van der Waals surface area contributed by atoms with Crippen LogP contribution >= 0.6 is 0 Å². The van der Waals surface area contributed by atoms with Crippen LogP contribution in [0.4, 0.5) is 5.69 Å². The number of hydrogen-bond acceptors (Lipinski definition) is 5. The smallest absolute Gasteiger partial charge is 0.244 e. The third kappa shape index (κ3) is 3.02. The largest absolute Gasteiger partial charge is 0.492 e. The van der Waals surface area contributed by atoms with Gasteiger partial charge in [0.25, 0.3) is 0 Å². The van der Waals surface area contributed by atoms with Crippen molar-refractivity contribution < 1.29 is 17.9 Å². The normalized spacial score (nSPS) is 14.2. The molecule has 0 radical (unpaired) electrons. The topological polar surface area (TPSA) is 111 Å². The molecule has 4 N–H and O–H groups in total. The molecular weight excluding hydrogens is 282 g/mol. The van der Waals surface area contributed by atoms with Crippen molar-refractivity contribution in [3.05, 3.63) is 17.7 Å². The Morgan fingerprint density at radius 1 is 1.45 bits per heavy atom. The van der Waals surface area contributed by atoms with Crippen LogP contribution in [-0.4, -0.2) is 34.5 Å². The Morgan fingerprint density at radius 3 is 2.90 bits per heavy atom. The molecule has 1 heterocycles. The van der Waals surface area contributed by atoms with Crippen molar-refractivity contribution in [1.29, 1.82) is 0 Å². The molecule has 0 atom stereocenters. The van der Waals surface area contributed by atoms with Crippen molar-refractivity contribution in [1.82, 2.24) is 10.0 Å². The number of nitrogens with two attached hydrogens (primary N) is 1. The highest BCUT2D eigenvalue weighted by molar-refractivity contribution is 7.89. The SMILES string of the molecule is CNC(=O)CNS(=O)(=O)c1cc(N)cc2c1OCCC2. The summed E-state index contributed by atoms with van der Waals surface area (Å²) in [5.74, 6) is -0.0953. The first-order valence-corrected chi connectivity index (χ1v) is 7.68. The molecule has 2 rings (SSSR count). The van der Waals surface area contributed by atoms with Gasteiger partial charge in [-0.15, -0.1) is 0 Å². The summed E-state index contributed by atoms with van der Waals surface area (Å²) in [5.41, 5.74) is 6.87. The molecular formula is C12H17N3O4S. The fraction of sp³-hybridized carbons (Fsp3) is 0.417. The van der Waals surface area contributed by atoms with Gasteiger partial charge in [-0.2, -0.15) is 0 Å². The van der Waals surface area contributed by atoms with E-state index in [2.05, 4.69) is 10.0 Å². The van der Waals surface area contributed by atoms with Crippen LogP contribution in [0.25, 0.3) is 0 Å². The lowest BCUT2D eigenvalue weighted by Gasteiger charge is -2.21. The summed E-state index contributed by atoms with van der Waals surface area (Å²) in [6.07, 6.45) is 1.54. The van der Waals surface area contributed by atoms with Crippen molar-refractivity contribution in [3.63, 3.8) is 0 Å². The minimum absolute atomic E-state index is 0.0175. The summed E-state index contributed by atoms with van der Waals surface area (Å²) in [5, 5.41) is 2.34.